The van der Waals surface area contributed by atoms with Crippen LogP contribution in [-0.2, 0) is 10.0 Å². The smallest absolute Gasteiger partial charge is 0.322 e. The molecular weight excluding hydrogens is 418 g/mol. The van der Waals surface area contributed by atoms with Gasteiger partial charge in [-0.1, -0.05) is 32.0 Å². The molecule has 31 heavy (non-hydrogen) atoms. The van der Waals surface area contributed by atoms with Crippen LogP contribution in [0.3, 0.4) is 0 Å². The van der Waals surface area contributed by atoms with Gasteiger partial charge in [0.05, 0.1) is 17.8 Å². The average Bonchev–Trinajstić information content (AvgIpc) is 3.19. The maximum atomic E-state index is 12.5. The Hall–Kier alpha value is -2.76. The molecule has 0 aliphatic carbocycles. The lowest BCUT2D eigenvalue weighted by atomic mass is 10.1. The summed E-state index contributed by atoms with van der Waals surface area (Å²) in [7, 11) is -3.65. The standard InChI is InChI=1S/C20H27N7O3S/c1-14(2)17-12-23-27-18(17)25-20(30-15-7-6-10-21-11-15)26-19(27)22-13-24-31(28,29)16-8-4-3-5-9-16/h3-5,8-9,12,14-15,21,24H,6-7,10-11,13H2,1-2H3,(H,22,25,26). The Balaban J connectivity index is 1.56. The van der Waals surface area contributed by atoms with Gasteiger partial charge in [0, 0.05) is 12.1 Å². The van der Waals surface area contributed by atoms with Crippen molar-refractivity contribution in [2.45, 2.75) is 43.6 Å². The highest BCUT2D eigenvalue weighted by molar-refractivity contribution is 7.89. The molecule has 3 N–H and O–H groups in total. The number of fused-ring (bicyclic) bond motifs is 1. The number of piperidine rings is 1. The zero-order valence-electron chi connectivity index (χ0n) is 17.6. The number of sulfonamides is 1. The Kier molecular flexibility index (Phi) is 6.35. The summed E-state index contributed by atoms with van der Waals surface area (Å²) in [4.78, 5) is 9.22. The van der Waals surface area contributed by atoms with Crippen LogP contribution in [0, 0.1) is 0 Å². The second-order valence-electron chi connectivity index (χ2n) is 7.72. The van der Waals surface area contributed by atoms with E-state index < -0.39 is 10.0 Å². The second-order valence-corrected chi connectivity index (χ2v) is 9.49. The zero-order valence-corrected chi connectivity index (χ0v) is 18.4. The van der Waals surface area contributed by atoms with Gasteiger partial charge in [0.2, 0.25) is 16.0 Å². The van der Waals surface area contributed by atoms with Crippen molar-refractivity contribution in [1.29, 1.82) is 0 Å². The van der Waals surface area contributed by atoms with E-state index in [9.17, 15) is 8.42 Å². The second kappa shape index (κ2) is 9.16. The summed E-state index contributed by atoms with van der Waals surface area (Å²) in [5.74, 6) is 0.562. The molecule has 11 heteroatoms. The van der Waals surface area contributed by atoms with E-state index in [1.54, 1.807) is 28.9 Å². The van der Waals surface area contributed by atoms with E-state index in [0.29, 0.717) is 11.6 Å². The van der Waals surface area contributed by atoms with Gasteiger partial charge in [0.15, 0.2) is 5.65 Å². The zero-order chi connectivity index (χ0) is 21.8. The molecule has 0 spiro atoms. The molecule has 1 aromatic carbocycles. The summed E-state index contributed by atoms with van der Waals surface area (Å²) in [6, 6.07) is 8.45. The molecule has 0 radical (unpaired) electrons. The average molecular weight is 446 g/mol. The highest BCUT2D eigenvalue weighted by Gasteiger charge is 2.20. The highest BCUT2D eigenvalue weighted by Crippen LogP contribution is 2.23. The molecule has 0 saturated carbocycles. The lowest BCUT2D eigenvalue weighted by Crippen LogP contribution is -2.37. The SMILES string of the molecule is CC(C)c1cnn2c(NCNS(=O)(=O)c3ccccc3)nc(OC3CCCNC3)nc12. The van der Waals surface area contributed by atoms with E-state index in [-0.39, 0.29) is 29.6 Å². The third-order valence-electron chi connectivity index (χ3n) is 5.08. The van der Waals surface area contributed by atoms with Gasteiger partial charge in [-0.3, -0.25) is 0 Å². The van der Waals surface area contributed by atoms with Crippen LogP contribution < -0.4 is 20.1 Å². The summed E-state index contributed by atoms with van der Waals surface area (Å²) in [5, 5.41) is 10.7. The number of rotatable bonds is 8. The molecule has 0 amide bonds. The molecular formula is C20H27N7O3S. The van der Waals surface area contributed by atoms with E-state index in [0.717, 1.165) is 31.5 Å². The molecule has 1 saturated heterocycles. The van der Waals surface area contributed by atoms with Crippen LogP contribution in [0.4, 0.5) is 5.95 Å². The van der Waals surface area contributed by atoms with Gasteiger partial charge in [0.1, 0.15) is 6.10 Å². The van der Waals surface area contributed by atoms with Crippen molar-refractivity contribution in [2.75, 3.05) is 25.1 Å². The first-order valence-corrected chi connectivity index (χ1v) is 11.8. The lowest BCUT2D eigenvalue weighted by molar-refractivity contribution is 0.153. The first-order valence-electron chi connectivity index (χ1n) is 10.4. The van der Waals surface area contributed by atoms with Crippen LogP contribution in [0.5, 0.6) is 6.01 Å². The monoisotopic (exact) mass is 445 g/mol. The number of ether oxygens (including phenoxy) is 1. The Morgan fingerprint density at radius 3 is 2.77 bits per heavy atom. The van der Waals surface area contributed by atoms with E-state index >= 15 is 0 Å². The maximum Gasteiger partial charge on any atom is 0.322 e. The normalized spacial score (nSPS) is 17.2. The van der Waals surface area contributed by atoms with Crippen molar-refractivity contribution in [1.82, 2.24) is 29.6 Å². The summed E-state index contributed by atoms with van der Waals surface area (Å²) in [6.07, 6.45) is 3.70. The first-order chi connectivity index (χ1) is 14.9. The maximum absolute atomic E-state index is 12.5. The largest absolute Gasteiger partial charge is 0.459 e. The molecule has 0 bridgehead atoms. The predicted molar refractivity (Wildman–Crippen MR) is 117 cm³/mol. The third kappa shape index (κ3) is 4.94. The molecule has 1 aliphatic rings. The van der Waals surface area contributed by atoms with Gasteiger partial charge in [-0.25, -0.2) is 8.42 Å². The topological polar surface area (TPSA) is 123 Å². The number of aromatic nitrogens is 4. The molecule has 1 atom stereocenters. The number of nitrogens with zero attached hydrogens (tertiary/aromatic N) is 4. The summed E-state index contributed by atoms with van der Waals surface area (Å²) >= 11 is 0. The van der Waals surface area contributed by atoms with Crippen molar-refractivity contribution < 1.29 is 13.2 Å². The van der Waals surface area contributed by atoms with Crippen LogP contribution in [0.1, 0.15) is 38.2 Å². The predicted octanol–water partition coefficient (Wildman–Crippen LogP) is 1.73. The minimum atomic E-state index is -3.65. The van der Waals surface area contributed by atoms with Gasteiger partial charge in [0.25, 0.3) is 0 Å². The van der Waals surface area contributed by atoms with E-state index in [2.05, 4.69) is 44.3 Å². The molecule has 10 nitrogen and oxygen atoms in total. The number of anilines is 1. The fourth-order valence-corrected chi connectivity index (χ4v) is 4.36. The van der Waals surface area contributed by atoms with Gasteiger partial charge in [-0.2, -0.15) is 24.3 Å². The van der Waals surface area contributed by atoms with E-state index in [1.165, 1.54) is 12.1 Å². The molecule has 1 aliphatic heterocycles. The van der Waals surface area contributed by atoms with Crippen molar-refractivity contribution in [3.8, 4) is 6.01 Å². The quantitative estimate of drug-likeness (QED) is 0.448. The number of nitrogens with one attached hydrogen (secondary N) is 3. The van der Waals surface area contributed by atoms with Gasteiger partial charge in [-0.15, -0.1) is 0 Å². The first kappa shape index (κ1) is 21.5. The van der Waals surface area contributed by atoms with Crippen LogP contribution in [-0.4, -0.2) is 53.9 Å². The van der Waals surface area contributed by atoms with Gasteiger partial charge < -0.3 is 15.4 Å². The van der Waals surface area contributed by atoms with Gasteiger partial charge in [-0.05, 0) is 37.4 Å². The number of hydrogen-bond acceptors (Lipinski definition) is 8. The Labute approximate surface area is 181 Å². The van der Waals surface area contributed by atoms with Crippen molar-refractivity contribution in [3.63, 3.8) is 0 Å². The molecule has 2 aromatic heterocycles. The minimum absolute atomic E-state index is 0.00828. The third-order valence-corrected chi connectivity index (χ3v) is 6.50. The fourth-order valence-electron chi connectivity index (χ4n) is 3.41. The summed E-state index contributed by atoms with van der Waals surface area (Å²) in [5.41, 5.74) is 1.60. The summed E-state index contributed by atoms with van der Waals surface area (Å²) < 4.78 is 35.1. The van der Waals surface area contributed by atoms with Crippen LogP contribution >= 0.6 is 0 Å². The molecule has 1 unspecified atom stereocenters. The van der Waals surface area contributed by atoms with E-state index in [1.807, 2.05) is 0 Å². The van der Waals surface area contributed by atoms with Crippen molar-refractivity contribution >= 4 is 21.6 Å². The summed E-state index contributed by atoms with van der Waals surface area (Å²) in [6.45, 7) is 5.78. The fraction of sp³-hybridized carbons (Fsp3) is 0.450. The molecule has 1 fully saturated rings. The Morgan fingerprint density at radius 2 is 2.06 bits per heavy atom. The number of hydrogen-bond donors (Lipinski definition) is 3. The van der Waals surface area contributed by atoms with Crippen molar-refractivity contribution in [2.24, 2.45) is 0 Å². The van der Waals surface area contributed by atoms with Crippen LogP contribution in [0.15, 0.2) is 41.4 Å². The van der Waals surface area contributed by atoms with E-state index in [4.69, 9.17) is 4.74 Å². The molecule has 166 valence electrons. The Morgan fingerprint density at radius 1 is 1.26 bits per heavy atom. The van der Waals surface area contributed by atoms with Crippen LogP contribution in [0.25, 0.3) is 5.65 Å². The molecule has 3 heterocycles. The Bertz CT molecular complexity index is 1130. The molecule has 4 rings (SSSR count). The number of benzene rings is 1. The minimum Gasteiger partial charge on any atom is -0.459 e. The van der Waals surface area contributed by atoms with Gasteiger partial charge >= 0.3 is 6.01 Å². The lowest BCUT2D eigenvalue weighted by Gasteiger charge is -2.23. The van der Waals surface area contributed by atoms with Crippen LogP contribution in [0.2, 0.25) is 0 Å². The van der Waals surface area contributed by atoms with Crippen molar-refractivity contribution in [3.05, 3.63) is 42.1 Å². The molecule has 3 aromatic rings. The highest BCUT2D eigenvalue weighted by atomic mass is 32.2.